The summed E-state index contributed by atoms with van der Waals surface area (Å²) in [6.07, 6.45) is 6.50. The number of nitrogens with zero attached hydrogens (tertiary/aromatic N) is 2. The molecule has 0 N–H and O–H groups in total. The predicted molar refractivity (Wildman–Crippen MR) is 84.9 cm³/mol. The molecule has 0 spiro atoms. The smallest absolute Gasteiger partial charge is 0.250 e. The molecule has 0 saturated carbocycles. The Balaban J connectivity index is 1.47. The van der Waals surface area contributed by atoms with Crippen molar-refractivity contribution < 1.29 is 18.7 Å². The van der Waals surface area contributed by atoms with E-state index in [2.05, 4.69) is 11.1 Å². The quantitative estimate of drug-likeness (QED) is 0.848. The van der Waals surface area contributed by atoms with Crippen LogP contribution in [0.5, 0.6) is 5.88 Å². The standard InChI is InChI=1S/C18H21FN2O3/c19-15-6-3-7-20-16(15)24-12-18-10-21(8-14(18)9-23-11-18)17(22)13-4-1-2-5-13/h3-4,6-7,14H,1-2,5,8-12H2/t14-,18+/m1/s1. The topological polar surface area (TPSA) is 51.7 Å². The average molecular weight is 332 g/mol. The summed E-state index contributed by atoms with van der Waals surface area (Å²) < 4.78 is 25.0. The minimum absolute atomic E-state index is 0.0146. The maximum atomic E-state index is 13.7. The molecule has 0 unspecified atom stereocenters. The number of amides is 1. The maximum Gasteiger partial charge on any atom is 0.250 e. The number of carbonyl (C=O) groups excluding carboxylic acids is 1. The van der Waals surface area contributed by atoms with Crippen LogP contribution in [0, 0.1) is 17.2 Å². The van der Waals surface area contributed by atoms with Crippen molar-refractivity contribution in [1.82, 2.24) is 9.88 Å². The number of likely N-dealkylation sites (tertiary alicyclic amines) is 1. The zero-order valence-electron chi connectivity index (χ0n) is 13.5. The zero-order valence-corrected chi connectivity index (χ0v) is 13.5. The lowest BCUT2D eigenvalue weighted by atomic mass is 9.82. The molecule has 2 saturated heterocycles. The van der Waals surface area contributed by atoms with Crippen LogP contribution in [0.4, 0.5) is 4.39 Å². The van der Waals surface area contributed by atoms with Crippen LogP contribution in [-0.4, -0.2) is 48.7 Å². The Morgan fingerprint density at radius 2 is 2.46 bits per heavy atom. The molecule has 2 fully saturated rings. The second kappa shape index (κ2) is 6.16. The molecule has 0 radical (unpaired) electrons. The van der Waals surface area contributed by atoms with Crippen molar-refractivity contribution in [3.63, 3.8) is 0 Å². The molecule has 0 aromatic carbocycles. The zero-order chi connectivity index (χ0) is 16.6. The van der Waals surface area contributed by atoms with E-state index in [1.54, 1.807) is 0 Å². The molecule has 1 aliphatic carbocycles. The van der Waals surface area contributed by atoms with Crippen molar-refractivity contribution in [3.8, 4) is 5.88 Å². The second-order valence-electron chi connectivity index (χ2n) is 6.96. The molecule has 24 heavy (non-hydrogen) atoms. The summed E-state index contributed by atoms with van der Waals surface area (Å²) in [5.74, 6) is -0.0762. The molecule has 2 atom stereocenters. The monoisotopic (exact) mass is 332 g/mol. The Bertz CT molecular complexity index is 678. The molecule has 2 aliphatic heterocycles. The van der Waals surface area contributed by atoms with E-state index in [4.69, 9.17) is 9.47 Å². The SMILES string of the molecule is O=C(C1=CCCC1)N1C[C@@H]2COC[C@]2(COc2ncccc2F)C1. The van der Waals surface area contributed by atoms with Crippen LogP contribution in [0.25, 0.3) is 0 Å². The number of ether oxygens (including phenoxy) is 2. The Hall–Kier alpha value is -1.95. The summed E-state index contributed by atoms with van der Waals surface area (Å²) in [5, 5.41) is 0. The predicted octanol–water partition coefficient (Wildman–Crippen LogP) is 2.18. The summed E-state index contributed by atoms with van der Waals surface area (Å²) in [6.45, 7) is 2.76. The summed E-state index contributed by atoms with van der Waals surface area (Å²) in [7, 11) is 0. The Kier molecular flexibility index (Phi) is 4.00. The van der Waals surface area contributed by atoms with Gasteiger partial charge in [-0.05, 0) is 31.4 Å². The molecule has 6 heteroatoms. The van der Waals surface area contributed by atoms with Crippen LogP contribution in [-0.2, 0) is 9.53 Å². The number of fused-ring (bicyclic) bond motifs is 1. The molecule has 1 aromatic heterocycles. The van der Waals surface area contributed by atoms with Crippen LogP contribution in [0.3, 0.4) is 0 Å². The highest BCUT2D eigenvalue weighted by Gasteiger charge is 2.52. The molecule has 3 aliphatic rings. The van der Waals surface area contributed by atoms with Crippen LogP contribution in [0.2, 0.25) is 0 Å². The van der Waals surface area contributed by atoms with Crippen molar-refractivity contribution in [3.05, 3.63) is 35.8 Å². The third-order valence-electron chi connectivity index (χ3n) is 5.35. The third-order valence-corrected chi connectivity index (χ3v) is 5.35. The number of allylic oxidation sites excluding steroid dienone is 1. The lowest BCUT2D eigenvalue weighted by Crippen LogP contribution is -2.38. The molecule has 1 amide bonds. The minimum atomic E-state index is -0.466. The van der Waals surface area contributed by atoms with Crippen molar-refractivity contribution in [2.45, 2.75) is 19.3 Å². The summed E-state index contributed by atoms with van der Waals surface area (Å²) in [6, 6.07) is 2.87. The number of halogens is 1. The molecule has 4 rings (SSSR count). The van der Waals surface area contributed by atoms with Gasteiger partial charge in [0.2, 0.25) is 11.8 Å². The first-order chi connectivity index (χ1) is 11.7. The van der Waals surface area contributed by atoms with Gasteiger partial charge in [-0.3, -0.25) is 4.79 Å². The van der Waals surface area contributed by atoms with Crippen molar-refractivity contribution in [1.29, 1.82) is 0 Å². The summed E-state index contributed by atoms with van der Waals surface area (Å²) in [5.41, 5.74) is 0.668. The second-order valence-corrected chi connectivity index (χ2v) is 6.96. The van der Waals surface area contributed by atoms with E-state index in [-0.39, 0.29) is 23.1 Å². The number of rotatable bonds is 4. The highest BCUT2D eigenvalue weighted by Crippen LogP contribution is 2.42. The molecular formula is C18H21FN2O3. The normalized spacial score (nSPS) is 28.8. The van der Waals surface area contributed by atoms with Crippen LogP contribution < -0.4 is 4.74 Å². The van der Waals surface area contributed by atoms with E-state index in [0.29, 0.717) is 32.9 Å². The lowest BCUT2D eigenvalue weighted by Gasteiger charge is -2.27. The van der Waals surface area contributed by atoms with Gasteiger partial charge in [0, 0.05) is 30.8 Å². The van der Waals surface area contributed by atoms with Crippen LogP contribution in [0.1, 0.15) is 19.3 Å². The maximum absolute atomic E-state index is 13.7. The molecule has 128 valence electrons. The first-order valence-electron chi connectivity index (χ1n) is 8.47. The third kappa shape index (κ3) is 2.69. The fraction of sp³-hybridized carbons (Fsp3) is 0.556. The van der Waals surface area contributed by atoms with Gasteiger partial charge in [0.1, 0.15) is 0 Å². The number of hydrogen-bond acceptors (Lipinski definition) is 4. The molecule has 3 heterocycles. The van der Waals surface area contributed by atoms with E-state index in [9.17, 15) is 9.18 Å². The largest absolute Gasteiger partial charge is 0.475 e. The summed E-state index contributed by atoms with van der Waals surface area (Å²) in [4.78, 5) is 18.5. The molecule has 0 bridgehead atoms. The molecular weight excluding hydrogens is 311 g/mol. The van der Waals surface area contributed by atoms with Crippen molar-refractivity contribution >= 4 is 5.91 Å². The minimum Gasteiger partial charge on any atom is -0.475 e. The Labute approximate surface area is 140 Å². The van der Waals surface area contributed by atoms with Gasteiger partial charge in [-0.2, -0.15) is 0 Å². The van der Waals surface area contributed by atoms with E-state index < -0.39 is 5.82 Å². The van der Waals surface area contributed by atoms with E-state index in [0.717, 1.165) is 24.8 Å². The van der Waals surface area contributed by atoms with Crippen molar-refractivity contribution in [2.24, 2.45) is 11.3 Å². The van der Waals surface area contributed by atoms with Gasteiger partial charge in [0.05, 0.1) is 25.2 Å². The fourth-order valence-electron chi connectivity index (χ4n) is 3.95. The molecule has 5 nitrogen and oxygen atoms in total. The Morgan fingerprint density at radius 1 is 1.54 bits per heavy atom. The van der Waals surface area contributed by atoms with Crippen LogP contribution >= 0.6 is 0 Å². The fourth-order valence-corrected chi connectivity index (χ4v) is 3.95. The van der Waals surface area contributed by atoms with Gasteiger partial charge in [-0.1, -0.05) is 6.08 Å². The van der Waals surface area contributed by atoms with Gasteiger partial charge in [-0.25, -0.2) is 9.37 Å². The summed E-state index contributed by atoms with van der Waals surface area (Å²) >= 11 is 0. The van der Waals surface area contributed by atoms with Gasteiger partial charge in [-0.15, -0.1) is 0 Å². The molecule has 1 aromatic rings. The van der Waals surface area contributed by atoms with E-state index >= 15 is 0 Å². The highest BCUT2D eigenvalue weighted by molar-refractivity contribution is 5.94. The van der Waals surface area contributed by atoms with Gasteiger partial charge in [0.15, 0.2) is 5.82 Å². The highest BCUT2D eigenvalue weighted by atomic mass is 19.1. The first-order valence-corrected chi connectivity index (χ1v) is 8.47. The van der Waals surface area contributed by atoms with Crippen molar-refractivity contribution in [2.75, 3.05) is 32.9 Å². The Morgan fingerprint density at radius 3 is 3.25 bits per heavy atom. The number of pyridine rings is 1. The van der Waals surface area contributed by atoms with E-state index in [1.807, 2.05) is 4.90 Å². The lowest BCUT2D eigenvalue weighted by molar-refractivity contribution is -0.127. The number of carbonyl (C=O) groups is 1. The number of aromatic nitrogens is 1. The average Bonchev–Trinajstić information content (AvgIpc) is 3.29. The van der Waals surface area contributed by atoms with Gasteiger partial charge < -0.3 is 14.4 Å². The first kappa shape index (κ1) is 15.6. The van der Waals surface area contributed by atoms with Gasteiger partial charge >= 0.3 is 0 Å². The number of hydrogen-bond donors (Lipinski definition) is 0. The van der Waals surface area contributed by atoms with Gasteiger partial charge in [0.25, 0.3) is 0 Å². The van der Waals surface area contributed by atoms with E-state index in [1.165, 1.54) is 18.3 Å². The van der Waals surface area contributed by atoms with Crippen LogP contribution in [0.15, 0.2) is 30.0 Å².